The second-order valence-electron chi connectivity index (χ2n) is 6.12. The van der Waals surface area contributed by atoms with Crippen molar-refractivity contribution in [1.82, 2.24) is 15.5 Å². The largest absolute Gasteiger partial charge is 0.352 e. The van der Waals surface area contributed by atoms with Crippen LogP contribution in [0, 0.1) is 11.7 Å². The third kappa shape index (κ3) is 4.38. The van der Waals surface area contributed by atoms with Gasteiger partial charge < -0.3 is 15.6 Å². The van der Waals surface area contributed by atoms with Gasteiger partial charge in [0.2, 0.25) is 17.6 Å². The van der Waals surface area contributed by atoms with Crippen LogP contribution < -0.4 is 11.1 Å². The fourth-order valence-corrected chi connectivity index (χ4v) is 2.62. The number of amides is 1. The number of nitrogens with one attached hydrogen (secondary N) is 1. The van der Waals surface area contributed by atoms with Gasteiger partial charge in [0.15, 0.2) is 0 Å². The van der Waals surface area contributed by atoms with Crippen molar-refractivity contribution in [3.05, 3.63) is 36.0 Å². The van der Waals surface area contributed by atoms with Crippen LogP contribution in [0.15, 0.2) is 28.8 Å². The number of hydrogen-bond acceptors (Lipinski definition) is 5. The van der Waals surface area contributed by atoms with Gasteiger partial charge in [-0.1, -0.05) is 5.16 Å². The van der Waals surface area contributed by atoms with Crippen molar-refractivity contribution in [3.8, 4) is 11.4 Å². The molecule has 1 aliphatic rings. The van der Waals surface area contributed by atoms with Crippen molar-refractivity contribution in [2.24, 2.45) is 11.7 Å². The van der Waals surface area contributed by atoms with Gasteiger partial charge in [-0.05, 0) is 49.4 Å². The number of carbonyl (C=O) groups is 1. The Hall–Kier alpha value is -2.28. The molecule has 1 fully saturated rings. The summed E-state index contributed by atoms with van der Waals surface area (Å²) in [6, 6.07) is 6.00. The molecule has 1 atom stereocenters. The van der Waals surface area contributed by atoms with Gasteiger partial charge in [-0.15, -0.1) is 0 Å². The molecule has 24 heavy (non-hydrogen) atoms. The first-order chi connectivity index (χ1) is 11.7. The highest BCUT2D eigenvalue weighted by atomic mass is 19.1. The molecular weight excluding hydrogens is 311 g/mol. The van der Waals surface area contributed by atoms with Gasteiger partial charge in [0.1, 0.15) is 5.82 Å². The van der Waals surface area contributed by atoms with Crippen LogP contribution in [0.1, 0.15) is 31.6 Å². The Labute approximate surface area is 139 Å². The highest BCUT2D eigenvalue weighted by Crippen LogP contribution is 2.32. The molecule has 1 unspecified atom stereocenters. The van der Waals surface area contributed by atoms with E-state index in [2.05, 4.69) is 15.5 Å². The number of nitrogens with zero attached hydrogens (tertiary/aromatic N) is 2. The monoisotopic (exact) mass is 332 g/mol. The zero-order chi connectivity index (χ0) is 16.9. The molecule has 1 aliphatic carbocycles. The average molecular weight is 332 g/mol. The molecular formula is C17H21FN4O2. The first-order valence-electron chi connectivity index (χ1n) is 8.23. The summed E-state index contributed by atoms with van der Waals surface area (Å²) < 4.78 is 18.1. The molecule has 2 aromatic rings. The summed E-state index contributed by atoms with van der Waals surface area (Å²) in [5.41, 5.74) is 6.37. The van der Waals surface area contributed by atoms with Crippen LogP contribution in [-0.2, 0) is 11.2 Å². The maximum absolute atomic E-state index is 12.9. The molecule has 0 saturated heterocycles. The minimum atomic E-state index is -0.310. The van der Waals surface area contributed by atoms with E-state index < -0.39 is 0 Å². The van der Waals surface area contributed by atoms with Gasteiger partial charge in [0.25, 0.3) is 0 Å². The predicted molar refractivity (Wildman–Crippen MR) is 86.3 cm³/mol. The summed E-state index contributed by atoms with van der Waals surface area (Å²) in [6.45, 7) is 0.487. The minimum Gasteiger partial charge on any atom is -0.352 e. The van der Waals surface area contributed by atoms with E-state index in [0.29, 0.717) is 49.0 Å². The number of nitrogens with two attached hydrogens (primary N) is 1. The van der Waals surface area contributed by atoms with E-state index in [4.69, 9.17) is 10.3 Å². The third-order valence-corrected chi connectivity index (χ3v) is 4.16. The number of aromatic nitrogens is 2. The van der Waals surface area contributed by atoms with Crippen molar-refractivity contribution in [1.29, 1.82) is 0 Å². The highest BCUT2D eigenvalue weighted by molar-refractivity contribution is 5.76. The Morgan fingerprint density at radius 2 is 2.12 bits per heavy atom. The molecule has 0 bridgehead atoms. The molecule has 3 N–H and O–H groups in total. The van der Waals surface area contributed by atoms with Crippen molar-refractivity contribution in [3.63, 3.8) is 0 Å². The van der Waals surface area contributed by atoms with Crippen molar-refractivity contribution in [2.45, 2.75) is 38.1 Å². The number of hydrogen-bond donors (Lipinski definition) is 2. The predicted octanol–water partition coefficient (Wildman–Crippen LogP) is 2.05. The first-order valence-corrected chi connectivity index (χ1v) is 8.23. The Bertz CT molecular complexity index is 682. The smallest absolute Gasteiger partial charge is 0.226 e. The zero-order valence-corrected chi connectivity index (χ0v) is 13.4. The SMILES string of the molecule is NCC(NC(=O)CCCc1nc(-c2ccc(F)cc2)no1)C1CC1. The standard InChI is InChI=1S/C17H21FN4O2/c18-13-8-6-12(7-9-13)17-21-16(24-22-17)3-1-2-15(23)20-14(10-19)11-4-5-11/h6-9,11,14H,1-5,10,19H2,(H,20,23). The average Bonchev–Trinajstić information content (AvgIpc) is 3.32. The van der Waals surface area contributed by atoms with E-state index >= 15 is 0 Å². The van der Waals surface area contributed by atoms with Gasteiger partial charge in [0, 0.05) is 31.0 Å². The number of rotatable bonds is 8. The zero-order valence-electron chi connectivity index (χ0n) is 13.4. The summed E-state index contributed by atoms with van der Waals surface area (Å²) in [6.07, 6.45) is 3.85. The van der Waals surface area contributed by atoms with Gasteiger partial charge in [-0.25, -0.2) is 4.39 Å². The highest BCUT2D eigenvalue weighted by Gasteiger charge is 2.31. The molecule has 1 saturated carbocycles. The fourth-order valence-electron chi connectivity index (χ4n) is 2.62. The van der Waals surface area contributed by atoms with Crippen LogP contribution in [0.3, 0.4) is 0 Å². The molecule has 0 aliphatic heterocycles. The number of carbonyl (C=O) groups excluding carboxylic acids is 1. The molecule has 3 rings (SSSR count). The van der Waals surface area contributed by atoms with E-state index in [1.165, 1.54) is 12.1 Å². The number of aryl methyl sites for hydroxylation is 1. The number of benzene rings is 1. The van der Waals surface area contributed by atoms with Crippen LogP contribution in [0.5, 0.6) is 0 Å². The van der Waals surface area contributed by atoms with E-state index in [9.17, 15) is 9.18 Å². The summed E-state index contributed by atoms with van der Waals surface area (Å²) in [7, 11) is 0. The van der Waals surface area contributed by atoms with Crippen LogP contribution in [-0.4, -0.2) is 28.6 Å². The molecule has 1 heterocycles. The van der Waals surface area contributed by atoms with Gasteiger partial charge in [-0.2, -0.15) is 4.98 Å². The maximum Gasteiger partial charge on any atom is 0.226 e. The molecule has 1 aromatic heterocycles. The molecule has 7 heteroatoms. The second-order valence-corrected chi connectivity index (χ2v) is 6.12. The van der Waals surface area contributed by atoms with Crippen LogP contribution in [0.25, 0.3) is 11.4 Å². The van der Waals surface area contributed by atoms with Crippen LogP contribution in [0.2, 0.25) is 0 Å². The van der Waals surface area contributed by atoms with Crippen molar-refractivity contribution >= 4 is 5.91 Å². The lowest BCUT2D eigenvalue weighted by atomic mass is 10.1. The van der Waals surface area contributed by atoms with Crippen molar-refractivity contribution < 1.29 is 13.7 Å². The lowest BCUT2D eigenvalue weighted by molar-refractivity contribution is -0.122. The van der Waals surface area contributed by atoms with E-state index in [1.807, 2.05) is 0 Å². The molecule has 0 spiro atoms. The van der Waals surface area contributed by atoms with Gasteiger partial charge in [-0.3, -0.25) is 4.79 Å². The molecule has 0 radical (unpaired) electrons. The maximum atomic E-state index is 12.9. The van der Waals surface area contributed by atoms with Gasteiger partial charge in [0.05, 0.1) is 0 Å². The second kappa shape index (κ2) is 7.53. The first kappa shape index (κ1) is 16.6. The Morgan fingerprint density at radius 3 is 2.79 bits per heavy atom. The van der Waals surface area contributed by atoms with Crippen LogP contribution in [0.4, 0.5) is 4.39 Å². The normalized spacial score (nSPS) is 15.2. The summed E-state index contributed by atoms with van der Waals surface area (Å²) >= 11 is 0. The lowest BCUT2D eigenvalue weighted by Gasteiger charge is -2.15. The quantitative estimate of drug-likeness (QED) is 0.771. The fraction of sp³-hybridized carbons (Fsp3) is 0.471. The molecule has 1 aromatic carbocycles. The van der Waals surface area contributed by atoms with Crippen molar-refractivity contribution in [2.75, 3.05) is 6.54 Å². The minimum absolute atomic E-state index is 0.00984. The molecule has 128 valence electrons. The summed E-state index contributed by atoms with van der Waals surface area (Å²) in [4.78, 5) is 16.2. The Balaban J connectivity index is 1.45. The van der Waals surface area contributed by atoms with E-state index in [1.54, 1.807) is 12.1 Å². The topological polar surface area (TPSA) is 94.0 Å². The third-order valence-electron chi connectivity index (χ3n) is 4.16. The Morgan fingerprint density at radius 1 is 1.38 bits per heavy atom. The van der Waals surface area contributed by atoms with E-state index in [0.717, 1.165) is 12.8 Å². The van der Waals surface area contributed by atoms with E-state index in [-0.39, 0.29) is 17.8 Å². The lowest BCUT2D eigenvalue weighted by Crippen LogP contribution is -2.41. The summed E-state index contributed by atoms with van der Waals surface area (Å²) in [5, 5.41) is 6.87. The van der Waals surface area contributed by atoms with Crippen LogP contribution >= 0.6 is 0 Å². The molecule has 6 nitrogen and oxygen atoms in total. The van der Waals surface area contributed by atoms with Gasteiger partial charge >= 0.3 is 0 Å². The molecule has 1 amide bonds. The number of halogens is 1. The summed E-state index contributed by atoms with van der Waals surface area (Å²) in [5.74, 6) is 1.14. The Kier molecular flexibility index (Phi) is 5.20.